The van der Waals surface area contributed by atoms with Gasteiger partial charge in [-0.25, -0.2) is 4.79 Å². The van der Waals surface area contributed by atoms with Gasteiger partial charge in [0.2, 0.25) is 0 Å². The van der Waals surface area contributed by atoms with E-state index in [1.807, 2.05) is 14.1 Å². The summed E-state index contributed by atoms with van der Waals surface area (Å²) in [7, 11) is 4.01. The first kappa shape index (κ1) is 17.4. The molecule has 4 nitrogen and oxygen atoms in total. The van der Waals surface area contributed by atoms with Crippen molar-refractivity contribution >= 4 is 6.03 Å². The maximum atomic E-state index is 13.1. The van der Waals surface area contributed by atoms with E-state index < -0.39 is 17.6 Å². The van der Waals surface area contributed by atoms with Crippen molar-refractivity contribution in [1.82, 2.24) is 15.1 Å². The molecule has 0 aromatic heterocycles. The minimum Gasteiger partial charge on any atom is -0.335 e. The molecule has 2 fully saturated rings. The molecular formula is C15H26F3N3O. The van der Waals surface area contributed by atoms with Gasteiger partial charge in [-0.05, 0) is 53.6 Å². The van der Waals surface area contributed by atoms with E-state index in [1.165, 1.54) is 18.7 Å². The van der Waals surface area contributed by atoms with Crippen LogP contribution in [0.4, 0.5) is 18.0 Å². The molecule has 22 heavy (non-hydrogen) atoms. The fraction of sp³-hybridized carbons (Fsp3) is 0.933. The molecule has 1 aliphatic carbocycles. The summed E-state index contributed by atoms with van der Waals surface area (Å²) < 4.78 is 39.2. The van der Waals surface area contributed by atoms with Crippen LogP contribution in [0.5, 0.6) is 0 Å². The smallest absolute Gasteiger partial charge is 0.335 e. The highest BCUT2D eigenvalue weighted by Gasteiger charge is 2.56. The molecule has 1 saturated carbocycles. The van der Waals surface area contributed by atoms with Crippen molar-refractivity contribution in [2.24, 2.45) is 5.92 Å². The Balaban J connectivity index is 1.97. The lowest BCUT2D eigenvalue weighted by atomic mass is 9.88. The number of rotatable bonds is 2. The zero-order valence-electron chi connectivity index (χ0n) is 13.7. The summed E-state index contributed by atoms with van der Waals surface area (Å²) in [5, 5.41) is 2.93. The Labute approximate surface area is 130 Å². The fourth-order valence-corrected chi connectivity index (χ4v) is 3.83. The summed E-state index contributed by atoms with van der Waals surface area (Å²) in [6, 6.07) is 0.126. The third-order valence-corrected chi connectivity index (χ3v) is 5.29. The first-order chi connectivity index (χ1) is 10.0. The highest BCUT2D eigenvalue weighted by Crippen LogP contribution is 2.44. The lowest BCUT2D eigenvalue weighted by Crippen LogP contribution is -2.54. The van der Waals surface area contributed by atoms with Crippen LogP contribution in [0.1, 0.15) is 39.5 Å². The summed E-state index contributed by atoms with van der Waals surface area (Å²) in [4.78, 5) is 15.9. The van der Waals surface area contributed by atoms with Crippen molar-refractivity contribution < 1.29 is 18.0 Å². The van der Waals surface area contributed by atoms with E-state index >= 15 is 0 Å². The van der Waals surface area contributed by atoms with E-state index in [9.17, 15) is 18.0 Å². The van der Waals surface area contributed by atoms with Gasteiger partial charge in [-0.1, -0.05) is 0 Å². The minimum atomic E-state index is -4.26. The van der Waals surface area contributed by atoms with E-state index in [1.54, 1.807) is 0 Å². The molecule has 128 valence electrons. The molecule has 1 saturated heterocycles. The van der Waals surface area contributed by atoms with Crippen molar-refractivity contribution in [2.45, 2.75) is 63.3 Å². The van der Waals surface area contributed by atoms with Crippen LogP contribution in [0.2, 0.25) is 0 Å². The number of alkyl halides is 3. The molecule has 1 aliphatic heterocycles. The number of carbonyl (C=O) groups excluding carboxylic acids is 1. The van der Waals surface area contributed by atoms with E-state index in [0.717, 1.165) is 19.3 Å². The van der Waals surface area contributed by atoms with Crippen molar-refractivity contribution in [3.8, 4) is 0 Å². The molecule has 2 aliphatic rings. The summed E-state index contributed by atoms with van der Waals surface area (Å²) in [5.74, 6) is -1.45. The largest absolute Gasteiger partial charge is 0.394 e. The lowest BCUT2D eigenvalue weighted by Gasteiger charge is -2.37. The zero-order valence-corrected chi connectivity index (χ0v) is 13.7. The van der Waals surface area contributed by atoms with E-state index in [-0.39, 0.29) is 25.0 Å². The first-order valence-electron chi connectivity index (χ1n) is 7.84. The third kappa shape index (κ3) is 3.34. The van der Waals surface area contributed by atoms with Gasteiger partial charge in [0.25, 0.3) is 0 Å². The Hall–Kier alpha value is -0.980. The Morgan fingerprint density at radius 3 is 2.32 bits per heavy atom. The topological polar surface area (TPSA) is 35.6 Å². The van der Waals surface area contributed by atoms with Gasteiger partial charge in [-0.15, -0.1) is 0 Å². The molecular weight excluding hydrogens is 295 g/mol. The zero-order chi connectivity index (χ0) is 16.7. The molecule has 0 radical (unpaired) electrons. The van der Waals surface area contributed by atoms with Gasteiger partial charge < -0.3 is 15.1 Å². The minimum absolute atomic E-state index is 0.0189. The average molecular weight is 321 g/mol. The number of hydrogen-bond acceptors (Lipinski definition) is 2. The number of nitrogens with one attached hydrogen (secondary N) is 1. The highest BCUT2D eigenvalue weighted by atomic mass is 19.4. The Kier molecular flexibility index (Phi) is 4.66. The van der Waals surface area contributed by atoms with Gasteiger partial charge in [0.05, 0.1) is 11.5 Å². The number of hydrogen-bond donors (Lipinski definition) is 1. The average Bonchev–Trinajstić information content (AvgIpc) is 2.91. The molecule has 7 heteroatoms. The van der Waals surface area contributed by atoms with Crippen molar-refractivity contribution in [3.63, 3.8) is 0 Å². The second-order valence-corrected chi connectivity index (χ2v) is 7.27. The van der Waals surface area contributed by atoms with E-state index in [0.29, 0.717) is 6.04 Å². The molecule has 2 amide bonds. The SMILES string of the molecule is CN(C)[C@@H]1CC[C@@H](NC(=O)N2CC[C@@H](C(F)(F)F)C2(C)C)C1. The Bertz CT molecular complexity index is 423. The van der Waals surface area contributed by atoms with Crippen LogP contribution in [0.15, 0.2) is 0 Å². The molecule has 1 heterocycles. The number of likely N-dealkylation sites (tertiary alicyclic amines) is 1. The second-order valence-electron chi connectivity index (χ2n) is 7.27. The van der Waals surface area contributed by atoms with Crippen LogP contribution < -0.4 is 5.32 Å². The molecule has 0 aromatic carbocycles. The Morgan fingerprint density at radius 2 is 1.86 bits per heavy atom. The van der Waals surface area contributed by atoms with Crippen LogP contribution >= 0.6 is 0 Å². The van der Waals surface area contributed by atoms with Crippen LogP contribution in [0.3, 0.4) is 0 Å². The van der Waals surface area contributed by atoms with Gasteiger partial charge in [-0.2, -0.15) is 13.2 Å². The maximum Gasteiger partial charge on any atom is 0.394 e. The van der Waals surface area contributed by atoms with Crippen LogP contribution in [-0.2, 0) is 0 Å². The number of carbonyl (C=O) groups is 1. The summed E-state index contributed by atoms with van der Waals surface area (Å²) in [6.07, 6.45) is -1.54. The molecule has 0 bridgehead atoms. The molecule has 0 aromatic rings. The van der Waals surface area contributed by atoms with Crippen molar-refractivity contribution in [2.75, 3.05) is 20.6 Å². The number of urea groups is 1. The van der Waals surface area contributed by atoms with Crippen LogP contribution in [0.25, 0.3) is 0 Å². The van der Waals surface area contributed by atoms with Crippen LogP contribution in [0, 0.1) is 5.92 Å². The van der Waals surface area contributed by atoms with Crippen molar-refractivity contribution in [3.05, 3.63) is 0 Å². The normalized spacial score (nSPS) is 31.8. The molecule has 0 spiro atoms. The summed E-state index contributed by atoms with van der Waals surface area (Å²) in [5.41, 5.74) is -1.19. The number of halogens is 3. The van der Waals surface area contributed by atoms with Gasteiger partial charge in [0.1, 0.15) is 0 Å². The van der Waals surface area contributed by atoms with Crippen molar-refractivity contribution in [1.29, 1.82) is 0 Å². The standard InChI is InChI=1S/C15H26F3N3O/c1-14(2)12(15(16,17)18)7-8-21(14)13(22)19-10-5-6-11(9-10)20(3)4/h10-12H,5-9H2,1-4H3,(H,19,22)/t10-,11-,12-/m1/s1. The molecule has 1 N–H and O–H groups in total. The first-order valence-corrected chi connectivity index (χ1v) is 7.84. The fourth-order valence-electron chi connectivity index (χ4n) is 3.83. The predicted molar refractivity (Wildman–Crippen MR) is 78.6 cm³/mol. The molecule has 0 unspecified atom stereocenters. The number of amides is 2. The van der Waals surface area contributed by atoms with Gasteiger partial charge in [0.15, 0.2) is 0 Å². The van der Waals surface area contributed by atoms with Gasteiger partial charge >= 0.3 is 12.2 Å². The number of nitrogens with zero attached hydrogens (tertiary/aromatic N) is 2. The second kappa shape index (κ2) is 5.91. The van der Waals surface area contributed by atoms with E-state index in [2.05, 4.69) is 10.2 Å². The van der Waals surface area contributed by atoms with E-state index in [4.69, 9.17) is 0 Å². The lowest BCUT2D eigenvalue weighted by molar-refractivity contribution is -0.189. The Morgan fingerprint density at radius 1 is 1.23 bits per heavy atom. The monoisotopic (exact) mass is 321 g/mol. The van der Waals surface area contributed by atoms with Crippen LogP contribution in [-0.4, -0.2) is 60.3 Å². The highest BCUT2D eigenvalue weighted by molar-refractivity contribution is 5.76. The maximum absolute atomic E-state index is 13.1. The molecule has 2 rings (SSSR count). The quantitative estimate of drug-likeness (QED) is 0.849. The van der Waals surface area contributed by atoms with Gasteiger partial charge in [0, 0.05) is 18.6 Å². The third-order valence-electron chi connectivity index (χ3n) is 5.29. The van der Waals surface area contributed by atoms with Gasteiger partial charge in [-0.3, -0.25) is 0 Å². The molecule has 3 atom stereocenters. The predicted octanol–water partition coefficient (Wildman–Crippen LogP) is 2.84. The summed E-state index contributed by atoms with van der Waals surface area (Å²) in [6.45, 7) is 3.18. The summed E-state index contributed by atoms with van der Waals surface area (Å²) >= 11 is 0.